The standard InChI is InChI=1S/C12H7Cl2N3/c13-9-2-1-3-10(6-9)17-12-11(14)8(7-15)4-5-16-12/h1-6H,(H,16,17). The van der Waals surface area contributed by atoms with Gasteiger partial charge in [0.1, 0.15) is 11.1 Å². The van der Waals surface area contributed by atoms with Gasteiger partial charge in [0, 0.05) is 16.9 Å². The minimum absolute atomic E-state index is 0.301. The van der Waals surface area contributed by atoms with Crippen LogP contribution >= 0.6 is 23.2 Å². The van der Waals surface area contributed by atoms with Gasteiger partial charge in [0.2, 0.25) is 0 Å². The summed E-state index contributed by atoms with van der Waals surface area (Å²) in [6, 6.07) is 10.7. The van der Waals surface area contributed by atoms with Crippen LogP contribution in [0.4, 0.5) is 11.5 Å². The zero-order chi connectivity index (χ0) is 12.3. The number of hydrogen-bond acceptors (Lipinski definition) is 3. The molecule has 0 unspecified atom stereocenters. The van der Waals surface area contributed by atoms with E-state index in [4.69, 9.17) is 28.5 Å². The van der Waals surface area contributed by atoms with Gasteiger partial charge >= 0.3 is 0 Å². The molecular formula is C12H7Cl2N3. The molecule has 1 N–H and O–H groups in total. The lowest BCUT2D eigenvalue weighted by molar-refractivity contribution is 1.29. The Bertz CT molecular complexity index is 591. The molecule has 2 aromatic rings. The van der Waals surface area contributed by atoms with Crippen LogP contribution < -0.4 is 5.32 Å². The molecule has 0 atom stereocenters. The van der Waals surface area contributed by atoms with E-state index in [1.54, 1.807) is 18.2 Å². The number of nitriles is 1. The molecule has 1 aromatic heterocycles. The maximum absolute atomic E-state index is 8.84. The van der Waals surface area contributed by atoms with Crippen molar-refractivity contribution in [3.05, 3.63) is 52.1 Å². The van der Waals surface area contributed by atoms with Gasteiger partial charge in [-0.3, -0.25) is 0 Å². The number of halogens is 2. The van der Waals surface area contributed by atoms with E-state index in [9.17, 15) is 0 Å². The van der Waals surface area contributed by atoms with Crippen molar-refractivity contribution in [2.45, 2.75) is 0 Å². The number of hydrogen-bond donors (Lipinski definition) is 1. The van der Waals surface area contributed by atoms with Crippen molar-refractivity contribution < 1.29 is 0 Å². The molecule has 17 heavy (non-hydrogen) atoms. The van der Waals surface area contributed by atoms with E-state index < -0.39 is 0 Å². The monoisotopic (exact) mass is 263 g/mol. The number of pyridine rings is 1. The van der Waals surface area contributed by atoms with Crippen LogP contribution in [0.15, 0.2) is 36.5 Å². The van der Waals surface area contributed by atoms with Gasteiger partial charge in [0.15, 0.2) is 5.82 Å². The molecule has 84 valence electrons. The summed E-state index contributed by atoms with van der Waals surface area (Å²) in [5.41, 5.74) is 1.15. The van der Waals surface area contributed by atoms with Crippen LogP contribution in [0.25, 0.3) is 0 Å². The second-order valence-electron chi connectivity index (χ2n) is 3.27. The average Bonchev–Trinajstić information content (AvgIpc) is 2.32. The molecular weight excluding hydrogens is 257 g/mol. The number of nitrogens with one attached hydrogen (secondary N) is 1. The van der Waals surface area contributed by atoms with Gasteiger partial charge in [-0.2, -0.15) is 5.26 Å². The van der Waals surface area contributed by atoms with Crippen molar-refractivity contribution in [2.75, 3.05) is 5.32 Å². The molecule has 0 saturated carbocycles. The van der Waals surface area contributed by atoms with Gasteiger partial charge < -0.3 is 5.32 Å². The second-order valence-corrected chi connectivity index (χ2v) is 4.08. The fourth-order valence-electron chi connectivity index (χ4n) is 1.32. The van der Waals surface area contributed by atoms with Crippen molar-refractivity contribution in [1.29, 1.82) is 5.26 Å². The van der Waals surface area contributed by atoms with E-state index in [1.807, 2.05) is 18.2 Å². The fourth-order valence-corrected chi connectivity index (χ4v) is 1.71. The van der Waals surface area contributed by atoms with E-state index in [-0.39, 0.29) is 0 Å². The third-order valence-corrected chi connectivity index (χ3v) is 2.71. The number of anilines is 2. The first-order chi connectivity index (χ1) is 8.20. The minimum Gasteiger partial charge on any atom is -0.339 e. The number of rotatable bonds is 2. The topological polar surface area (TPSA) is 48.7 Å². The zero-order valence-corrected chi connectivity index (χ0v) is 10.1. The van der Waals surface area contributed by atoms with E-state index in [0.29, 0.717) is 21.4 Å². The molecule has 5 heteroatoms. The molecule has 0 fully saturated rings. The van der Waals surface area contributed by atoms with E-state index in [1.165, 1.54) is 6.20 Å². The summed E-state index contributed by atoms with van der Waals surface area (Å²) in [5, 5.41) is 12.8. The molecule has 2 rings (SSSR count). The van der Waals surface area contributed by atoms with Gasteiger partial charge in [-0.25, -0.2) is 4.98 Å². The Morgan fingerprint density at radius 2 is 2.06 bits per heavy atom. The smallest absolute Gasteiger partial charge is 0.150 e. The van der Waals surface area contributed by atoms with Crippen LogP contribution in [0.2, 0.25) is 10.0 Å². The van der Waals surface area contributed by atoms with Crippen LogP contribution in [0.3, 0.4) is 0 Å². The van der Waals surface area contributed by atoms with Crippen molar-refractivity contribution in [2.24, 2.45) is 0 Å². The van der Waals surface area contributed by atoms with Crippen molar-refractivity contribution in [3.8, 4) is 6.07 Å². The molecule has 0 radical (unpaired) electrons. The lowest BCUT2D eigenvalue weighted by atomic mass is 10.2. The van der Waals surface area contributed by atoms with Crippen LogP contribution in [0.5, 0.6) is 0 Å². The van der Waals surface area contributed by atoms with Gasteiger partial charge in [-0.1, -0.05) is 29.3 Å². The third kappa shape index (κ3) is 2.68. The third-order valence-electron chi connectivity index (χ3n) is 2.10. The highest BCUT2D eigenvalue weighted by atomic mass is 35.5. The zero-order valence-electron chi connectivity index (χ0n) is 8.61. The quantitative estimate of drug-likeness (QED) is 0.891. The highest BCUT2D eigenvalue weighted by Crippen LogP contribution is 2.26. The average molecular weight is 264 g/mol. The molecule has 0 bridgehead atoms. The van der Waals surface area contributed by atoms with Crippen LogP contribution in [0.1, 0.15) is 5.56 Å². The first-order valence-electron chi connectivity index (χ1n) is 4.78. The van der Waals surface area contributed by atoms with Crippen LogP contribution in [-0.4, -0.2) is 4.98 Å². The Kier molecular flexibility index (Phi) is 3.48. The number of nitrogens with zero attached hydrogens (tertiary/aromatic N) is 2. The molecule has 0 aliphatic carbocycles. The summed E-state index contributed by atoms with van der Waals surface area (Å²) in [4.78, 5) is 4.07. The van der Waals surface area contributed by atoms with E-state index in [0.717, 1.165) is 5.69 Å². The molecule has 0 spiro atoms. The largest absolute Gasteiger partial charge is 0.339 e. The molecule has 3 nitrogen and oxygen atoms in total. The molecule has 0 aliphatic rings. The van der Waals surface area contributed by atoms with Gasteiger partial charge in [0.25, 0.3) is 0 Å². The maximum atomic E-state index is 8.84. The Hall–Kier alpha value is -1.76. The van der Waals surface area contributed by atoms with Crippen molar-refractivity contribution in [1.82, 2.24) is 4.98 Å². The summed E-state index contributed by atoms with van der Waals surface area (Å²) >= 11 is 11.9. The molecule has 0 aliphatic heterocycles. The number of aromatic nitrogens is 1. The summed E-state index contributed by atoms with van der Waals surface area (Å²) in [7, 11) is 0. The Morgan fingerprint density at radius 1 is 1.24 bits per heavy atom. The fraction of sp³-hybridized carbons (Fsp3) is 0. The Balaban J connectivity index is 2.34. The maximum Gasteiger partial charge on any atom is 0.150 e. The predicted octanol–water partition coefficient (Wildman–Crippen LogP) is 4.00. The molecule has 1 heterocycles. The van der Waals surface area contributed by atoms with Gasteiger partial charge in [-0.05, 0) is 24.3 Å². The second kappa shape index (κ2) is 5.05. The first kappa shape index (κ1) is 11.7. The van der Waals surface area contributed by atoms with Crippen LogP contribution in [0, 0.1) is 11.3 Å². The summed E-state index contributed by atoms with van der Waals surface area (Å²) in [6.07, 6.45) is 1.53. The summed E-state index contributed by atoms with van der Waals surface area (Å²) < 4.78 is 0. The normalized spacial score (nSPS) is 9.71. The Labute approximate surface area is 109 Å². The molecule has 0 amide bonds. The summed E-state index contributed by atoms with van der Waals surface area (Å²) in [6.45, 7) is 0. The molecule has 1 aromatic carbocycles. The van der Waals surface area contributed by atoms with Crippen molar-refractivity contribution >= 4 is 34.7 Å². The lowest BCUT2D eigenvalue weighted by Gasteiger charge is -2.07. The van der Waals surface area contributed by atoms with E-state index >= 15 is 0 Å². The first-order valence-corrected chi connectivity index (χ1v) is 5.53. The SMILES string of the molecule is N#Cc1ccnc(Nc2cccc(Cl)c2)c1Cl. The van der Waals surface area contributed by atoms with Gasteiger partial charge in [0.05, 0.1) is 5.56 Å². The lowest BCUT2D eigenvalue weighted by Crippen LogP contribution is -1.95. The predicted molar refractivity (Wildman–Crippen MR) is 68.7 cm³/mol. The highest BCUT2D eigenvalue weighted by molar-refractivity contribution is 6.34. The molecule has 0 saturated heterocycles. The highest BCUT2D eigenvalue weighted by Gasteiger charge is 2.07. The van der Waals surface area contributed by atoms with Crippen LogP contribution in [-0.2, 0) is 0 Å². The van der Waals surface area contributed by atoms with Gasteiger partial charge in [-0.15, -0.1) is 0 Å². The van der Waals surface area contributed by atoms with Crippen molar-refractivity contribution in [3.63, 3.8) is 0 Å². The Morgan fingerprint density at radius 3 is 2.76 bits per heavy atom. The minimum atomic E-state index is 0.301. The van der Waals surface area contributed by atoms with E-state index in [2.05, 4.69) is 10.3 Å². The summed E-state index contributed by atoms with van der Waals surface area (Å²) in [5.74, 6) is 0.438. The number of benzene rings is 1.